The first-order valence-corrected chi connectivity index (χ1v) is 8.29. The number of carbonyl (C=O) groups is 1. The molecule has 22 heavy (non-hydrogen) atoms. The number of nitrogens with zero attached hydrogens (tertiary/aromatic N) is 2. The van der Waals surface area contributed by atoms with Crippen LogP contribution in [0.25, 0.3) is 0 Å². The summed E-state index contributed by atoms with van der Waals surface area (Å²) in [7, 11) is 0. The molecule has 0 bridgehead atoms. The molecule has 0 radical (unpaired) electrons. The van der Waals surface area contributed by atoms with Crippen LogP contribution in [0.1, 0.15) is 39.0 Å². The highest BCUT2D eigenvalue weighted by molar-refractivity contribution is 5.94. The SMILES string of the molecule is CCCC1CC(C(=O)Nc2ccc(N3CCCC3)nc2)NN1. The monoisotopic (exact) mass is 303 g/mol. The van der Waals surface area contributed by atoms with Crippen molar-refractivity contribution in [3.8, 4) is 0 Å². The highest BCUT2D eigenvalue weighted by Gasteiger charge is 2.28. The van der Waals surface area contributed by atoms with Gasteiger partial charge in [-0.15, -0.1) is 0 Å². The number of hydrazine groups is 1. The van der Waals surface area contributed by atoms with Gasteiger partial charge in [-0.2, -0.15) is 0 Å². The van der Waals surface area contributed by atoms with Crippen molar-refractivity contribution in [3.05, 3.63) is 18.3 Å². The third-order valence-electron chi connectivity index (χ3n) is 4.38. The Morgan fingerprint density at radius 2 is 2.18 bits per heavy atom. The van der Waals surface area contributed by atoms with E-state index in [-0.39, 0.29) is 11.9 Å². The highest BCUT2D eigenvalue weighted by Crippen LogP contribution is 2.19. The van der Waals surface area contributed by atoms with Crippen LogP contribution in [0.3, 0.4) is 0 Å². The van der Waals surface area contributed by atoms with Gasteiger partial charge in [-0.3, -0.25) is 10.2 Å². The molecule has 6 nitrogen and oxygen atoms in total. The van der Waals surface area contributed by atoms with Gasteiger partial charge in [0.05, 0.1) is 11.9 Å². The molecule has 2 aliphatic heterocycles. The van der Waals surface area contributed by atoms with Crippen LogP contribution in [0, 0.1) is 0 Å². The van der Waals surface area contributed by atoms with E-state index in [1.165, 1.54) is 12.8 Å². The molecule has 6 heteroatoms. The second kappa shape index (κ2) is 7.07. The molecule has 0 saturated carbocycles. The summed E-state index contributed by atoms with van der Waals surface area (Å²) in [5, 5.41) is 2.94. The summed E-state index contributed by atoms with van der Waals surface area (Å²) in [4.78, 5) is 19.0. The van der Waals surface area contributed by atoms with Gasteiger partial charge < -0.3 is 10.2 Å². The summed E-state index contributed by atoms with van der Waals surface area (Å²) in [6.07, 6.45) is 7.26. The van der Waals surface area contributed by atoms with Gasteiger partial charge in [0.2, 0.25) is 5.91 Å². The fraction of sp³-hybridized carbons (Fsp3) is 0.625. The minimum atomic E-state index is -0.171. The van der Waals surface area contributed by atoms with Crippen molar-refractivity contribution in [1.82, 2.24) is 15.8 Å². The second-order valence-electron chi connectivity index (χ2n) is 6.15. The Morgan fingerprint density at radius 1 is 1.36 bits per heavy atom. The second-order valence-corrected chi connectivity index (χ2v) is 6.15. The molecule has 2 saturated heterocycles. The van der Waals surface area contributed by atoms with E-state index in [0.29, 0.717) is 6.04 Å². The number of amides is 1. The molecule has 1 aromatic rings. The Labute approximate surface area is 131 Å². The Morgan fingerprint density at radius 3 is 2.86 bits per heavy atom. The zero-order valence-electron chi connectivity index (χ0n) is 13.1. The molecule has 0 aromatic carbocycles. The van der Waals surface area contributed by atoms with Crippen molar-refractivity contribution < 1.29 is 4.79 Å². The van der Waals surface area contributed by atoms with Crippen LogP contribution in [0.4, 0.5) is 11.5 Å². The van der Waals surface area contributed by atoms with Crippen molar-refractivity contribution in [2.24, 2.45) is 0 Å². The molecule has 2 atom stereocenters. The summed E-state index contributed by atoms with van der Waals surface area (Å²) in [6, 6.07) is 4.14. The number of carbonyl (C=O) groups excluding carboxylic acids is 1. The van der Waals surface area contributed by atoms with Gasteiger partial charge in [0.15, 0.2) is 0 Å². The summed E-state index contributed by atoms with van der Waals surface area (Å²) in [5.74, 6) is 1.00. The topological polar surface area (TPSA) is 69.3 Å². The number of anilines is 2. The standard InChI is InChI=1S/C16H25N5O/c1-2-5-12-10-14(20-19-12)16(22)18-13-6-7-15(17-11-13)21-8-3-4-9-21/h6-7,11-12,14,19-20H,2-5,8-10H2,1H3,(H,18,22). The molecule has 2 aliphatic rings. The third kappa shape index (κ3) is 3.56. The van der Waals surface area contributed by atoms with E-state index in [1.54, 1.807) is 6.20 Å². The number of hydrogen-bond acceptors (Lipinski definition) is 5. The van der Waals surface area contributed by atoms with Crippen LogP contribution in [0.2, 0.25) is 0 Å². The van der Waals surface area contributed by atoms with E-state index in [4.69, 9.17) is 0 Å². The molecule has 3 N–H and O–H groups in total. The molecular weight excluding hydrogens is 278 g/mol. The number of nitrogens with one attached hydrogen (secondary N) is 3. The third-order valence-corrected chi connectivity index (χ3v) is 4.38. The number of rotatable bonds is 5. The lowest BCUT2D eigenvalue weighted by Gasteiger charge is -2.16. The smallest absolute Gasteiger partial charge is 0.242 e. The average molecular weight is 303 g/mol. The fourth-order valence-electron chi connectivity index (χ4n) is 3.15. The lowest BCUT2D eigenvalue weighted by atomic mass is 10.1. The Kier molecular flexibility index (Phi) is 4.90. The Hall–Kier alpha value is -1.66. The van der Waals surface area contributed by atoms with Gasteiger partial charge in [0, 0.05) is 19.1 Å². The number of pyridine rings is 1. The minimum Gasteiger partial charge on any atom is -0.357 e. The van der Waals surface area contributed by atoms with Crippen molar-refractivity contribution in [2.75, 3.05) is 23.3 Å². The van der Waals surface area contributed by atoms with Crippen molar-refractivity contribution in [1.29, 1.82) is 0 Å². The summed E-state index contributed by atoms with van der Waals surface area (Å²) in [5.41, 5.74) is 7.02. The summed E-state index contributed by atoms with van der Waals surface area (Å²) < 4.78 is 0. The van der Waals surface area contributed by atoms with Crippen LogP contribution < -0.4 is 21.1 Å². The van der Waals surface area contributed by atoms with Crippen LogP contribution in [0.15, 0.2) is 18.3 Å². The van der Waals surface area contributed by atoms with E-state index >= 15 is 0 Å². The number of hydrogen-bond donors (Lipinski definition) is 3. The highest BCUT2D eigenvalue weighted by atomic mass is 16.2. The van der Waals surface area contributed by atoms with E-state index in [9.17, 15) is 4.79 Å². The molecule has 2 fully saturated rings. The maximum atomic E-state index is 12.3. The predicted octanol–water partition coefficient (Wildman–Crippen LogP) is 1.66. The van der Waals surface area contributed by atoms with Gasteiger partial charge in [-0.1, -0.05) is 13.3 Å². The zero-order valence-corrected chi connectivity index (χ0v) is 13.1. The van der Waals surface area contributed by atoms with Crippen molar-refractivity contribution >= 4 is 17.4 Å². The Balaban J connectivity index is 1.53. The molecule has 1 amide bonds. The first-order chi connectivity index (χ1) is 10.8. The average Bonchev–Trinajstić information content (AvgIpc) is 3.20. The summed E-state index contributed by atoms with van der Waals surface area (Å²) in [6.45, 7) is 4.31. The van der Waals surface area contributed by atoms with E-state index < -0.39 is 0 Å². The zero-order chi connectivity index (χ0) is 15.4. The van der Waals surface area contributed by atoms with Gasteiger partial charge >= 0.3 is 0 Å². The van der Waals surface area contributed by atoms with Crippen LogP contribution in [0.5, 0.6) is 0 Å². The predicted molar refractivity (Wildman–Crippen MR) is 87.7 cm³/mol. The van der Waals surface area contributed by atoms with Gasteiger partial charge in [-0.25, -0.2) is 10.4 Å². The van der Waals surface area contributed by atoms with Crippen LogP contribution in [-0.4, -0.2) is 36.1 Å². The van der Waals surface area contributed by atoms with Crippen molar-refractivity contribution in [3.63, 3.8) is 0 Å². The molecular formula is C16H25N5O. The normalized spacial score (nSPS) is 24.7. The van der Waals surface area contributed by atoms with E-state index in [1.807, 2.05) is 12.1 Å². The number of aromatic nitrogens is 1. The molecule has 0 aliphatic carbocycles. The van der Waals surface area contributed by atoms with Crippen LogP contribution >= 0.6 is 0 Å². The maximum Gasteiger partial charge on any atom is 0.242 e. The molecule has 120 valence electrons. The van der Waals surface area contributed by atoms with Gasteiger partial charge in [0.25, 0.3) is 0 Å². The molecule has 0 spiro atoms. The summed E-state index contributed by atoms with van der Waals surface area (Å²) >= 11 is 0. The first-order valence-electron chi connectivity index (χ1n) is 8.29. The molecule has 3 heterocycles. The van der Waals surface area contributed by atoms with Gasteiger partial charge in [-0.05, 0) is 37.8 Å². The lowest BCUT2D eigenvalue weighted by molar-refractivity contribution is -0.117. The van der Waals surface area contributed by atoms with E-state index in [0.717, 1.165) is 43.9 Å². The largest absolute Gasteiger partial charge is 0.357 e. The maximum absolute atomic E-state index is 12.3. The van der Waals surface area contributed by atoms with Crippen LogP contribution in [-0.2, 0) is 4.79 Å². The molecule has 2 unspecified atom stereocenters. The van der Waals surface area contributed by atoms with Gasteiger partial charge in [0.1, 0.15) is 11.9 Å². The first kappa shape index (κ1) is 15.2. The fourth-order valence-corrected chi connectivity index (χ4v) is 3.15. The lowest BCUT2D eigenvalue weighted by Crippen LogP contribution is -2.40. The van der Waals surface area contributed by atoms with Crippen molar-refractivity contribution in [2.45, 2.75) is 51.1 Å². The minimum absolute atomic E-state index is 0.00169. The van der Waals surface area contributed by atoms with E-state index in [2.05, 4.69) is 33.0 Å². The quantitative estimate of drug-likeness (QED) is 0.772. The Bertz CT molecular complexity index is 498. The molecule has 1 aromatic heterocycles. The molecule has 3 rings (SSSR count).